The zero-order chi connectivity index (χ0) is 18.1. The SMILES string of the molecule is C\C=C/C=C1/C(=c2\cccc\c2=C2\CNc3ccccc32)C(C)SC1C. The van der Waals surface area contributed by atoms with Crippen LogP contribution >= 0.6 is 11.8 Å². The summed E-state index contributed by atoms with van der Waals surface area (Å²) in [4.78, 5) is 0. The van der Waals surface area contributed by atoms with Crippen LogP contribution in [0.1, 0.15) is 26.3 Å². The molecule has 2 atom stereocenters. The molecule has 0 amide bonds. The highest BCUT2D eigenvalue weighted by molar-refractivity contribution is 8.01. The third-order valence-electron chi connectivity index (χ3n) is 5.28. The van der Waals surface area contributed by atoms with Gasteiger partial charge in [-0.3, -0.25) is 0 Å². The molecule has 4 rings (SSSR count). The maximum Gasteiger partial charge on any atom is 0.0420 e. The first-order valence-electron chi connectivity index (χ1n) is 9.35. The lowest BCUT2D eigenvalue weighted by Gasteiger charge is -2.08. The van der Waals surface area contributed by atoms with Crippen LogP contribution in [0.3, 0.4) is 0 Å². The lowest BCUT2D eigenvalue weighted by Crippen LogP contribution is -2.31. The molecule has 2 heteroatoms. The summed E-state index contributed by atoms with van der Waals surface area (Å²) in [5, 5.41) is 7.35. The molecule has 0 spiro atoms. The smallest absolute Gasteiger partial charge is 0.0420 e. The third kappa shape index (κ3) is 2.93. The largest absolute Gasteiger partial charge is 0.380 e. The van der Waals surface area contributed by atoms with E-state index in [9.17, 15) is 0 Å². The molecule has 132 valence electrons. The van der Waals surface area contributed by atoms with Gasteiger partial charge in [0.15, 0.2) is 0 Å². The molecule has 2 heterocycles. The second-order valence-electron chi connectivity index (χ2n) is 6.91. The van der Waals surface area contributed by atoms with E-state index in [0.717, 1.165) is 6.54 Å². The average Bonchev–Trinajstić information content (AvgIpc) is 3.20. The van der Waals surface area contributed by atoms with E-state index in [1.165, 1.54) is 38.4 Å². The molecule has 0 saturated carbocycles. The highest BCUT2D eigenvalue weighted by Gasteiger charge is 2.29. The van der Waals surface area contributed by atoms with Crippen molar-refractivity contribution in [3.05, 3.63) is 88.3 Å². The Morgan fingerprint density at radius 1 is 0.962 bits per heavy atom. The summed E-state index contributed by atoms with van der Waals surface area (Å²) >= 11 is 2.05. The fourth-order valence-electron chi connectivity index (χ4n) is 4.10. The number of fused-ring (bicyclic) bond motifs is 1. The van der Waals surface area contributed by atoms with Crippen LogP contribution < -0.4 is 15.8 Å². The van der Waals surface area contributed by atoms with Crippen molar-refractivity contribution >= 4 is 28.6 Å². The van der Waals surface area contributed by atoms with Gasteiger partial charge in [-0.15, -0.1) is 11.8 Å². The molecule has 0 aromatic heterocycles. The van der Waals surface area contributed by atoms with Gasteiger partial charge in [0.2, 0.25) is 0 Å². The lowest BCUT2D eigenvalue weighted by molar-refractivity contribution is 1.19. The Morgan fingerprint density at radius 3 is 2.50 bits per heavy atom. The van der Waals surface area contributed by atoms with Gasteiger partial charge in [-0.2, -0.15) is 0 Å². The summed E-state index contributed by atoms with van der Waals surface area (Å²) in [6, 6.07) is 17.6. The predicted molar refractivity (Wildman–Crippen MR) is 116 cm³/mol. The van der Waals surface area contributed by atoms with Crippen LogP contribution in [-0.2, 0) is 0 Å². The van der Waals surface area contributed by atoms with Gasteiger partial charge in [-0.05, 0) is 54.0 Å². The number of thioether (sulfide) groups is 1. The van der Waals surface area contributed by atoms with Crippen LogP contribution in [0, 0.1) is 0 Å². The second kappa shape index (κ2) is 7.20. The number of rotatable bonds is 1. The number of hydrogen-bond donors (Lipinski definition) is 1. The van der Waals surface area contributed by atoms with Gasteiger partial charge in [0.05, 0.1) is 0 Å². The molecule has 26 heavy (non-hydrogen) atoms. The minimum Gasteiger partial charge on any atom is -0.380 e. The predicted octanol–water partition coefficient (Wildman–Crippen LogP) is 4.49. The number of allylic oxidation sites excluding steroid dienone is 3. The number of anilines is 1. The van der Waals surface area contributed by atoms with Crippen molar-refractivity contribution in [1.82, 2.24) is 0 Å². The minimum absolute atomic E-state index is 0.507. The number of hydrogen-bond acceptors (Lipinski definition) is 2. The summed E-state index contributed by atoms with van der Waals surface area (Å²) in [5.74, 6) is 0. The second-order valence-corrected chi connectivity index (χ2v) is 8.59. The third-order valence-corrected chi connectivity index (χ3v) is 6.59. The normalized spacial score (nSPS) is 27.9. The molecule has 0 aliphatic carbocycles. The molecule has 1 saturated heterocycles. The topological polar surface area (TPSA) is 12.0 Å². The van der Waals surface area contributed by atoms with E-state index < -0.39 is 0 Å². The molecule has 1 N–H and O–H groups in total. The molecule has 0 radical (unpaired) electrons. The zero-order valence-electron chi connectivity index (χ0n) is 15.6. The van der Waals surface area contributed by atoms with Crippen molar-refractivity contribution in [2.24, 2.45) is 0 Å². The van der Waals surface area contributed by atoms with E-state index >= 15 is 0 Å². The fraction of sp³-hybridized carbons (Fsp3) is 0.250. The first-order chi connectivity index (χ1) is 12.7. The quantitative estimate of drug-likeness (QED) is 0.805. The zero-order valence-corrected chi connectivity index (χ0v) is 16.4. The van der Waals surface area contributed by atoms with E-state index in [-0.39, 0.29) is 0 Å². The van der Waals surface area contributed by atoms with Gasteiger partial charge in [-0.25, -0.2) is 0 Å². The fourth-order valence-corrected chi connectivity index (χ4v) is 5.47. The van der Waals surface area contributed by atoms with Crippen LogP contribution in [0.25, 0.3) is 11.1 Å². The first-order valence-corrected chi connectivity index (χ1v) is 10.3. The standard InChI is InChI=1S/C24H25NS/c1-4-5-10-18-16(2)26-17(3)24(18)21-13-7-6-11-19(21)22-15-25-23-14-9-8-12-20(22)23/h4-14,16-17,25H,15H2,1-3H3/b5-4-,18-10+,22-19+,24-21+. The Balaban J connectivity index is 2.07. The van der Waals surface area contributed by atoms with Crippen LogP contribution in [0.2, 0.25) is 0 Å². The Labute approximate surface area is 160 Å². The highest BCUT2D eigenvalue weighted by atomic mass is 32.2. The van der Waals surface area contributed by atoms with Gasteiger partial charge < -0.3 is 5.32 Å². The number of benzene rings is 2. The molecule has 1 nitrogen and oxygen atoms in total. The van der Waals surface area contributed by atoms with E-state index in [4.69, 9.17) is 0 Å². The Bertz CT molecular complexity index is 1010. The van der Waals surface area contributed by atoms with E-state index in [1.807, 2.05) is 0 Å². The summed E-state index contributed by atoms with van der Waals surface area (Å²) < 4.78 is 0. The van der Waals surface area contributed by atoms with Crippen LogP contribution in [0.4, 0.5) is 5.69 Å². The Kier molecular flexibility index (Phi) is 4.78. The van der Waals surface area contributed by atoms with Crippen molar-refractivity contribution < 1.29 is 0 Å². The molecule has 2 unspecified atom stereocenters. The van der Waals surface area contributed by atoms with Gasteiger partial charge in [0, 0.05) is 28.3 Å². The average molecular weight is 360 g/mol. The summed E-state index contributed by atoms with van der Waals surface area (Å²) in [6.45, 7) is 7.65. The monoisotopic (exact) mass is 359 g/mol. The van der Waals surface area contributed by atoms with Gasteiger partial charge in [0.25, 0.3) is 0 Å². The molecule has 2 aromatic carbocycles. The lowest BCUT2D eigenvalue weighted by atomic mass is 9.95. The van der Waals surface area contributed by atoms with E-state index in [0.29, 0.717) is 10.5 Å². The first kappa shape index (κ1) is 17.2. The van der Waals surface area contributed by atoms with Gasteiger partial charge >= 0.3 is 0 Å². The van der Waals surface area contributed by atoms with Crippen molar-refractivity contribution in [2.45, 2.75) is 31.3 Å². The number of para-hydroxylation sites is 1. The summed E-state index contributed by atoms with van der Waals surface area (Å²) in [5.41, 5.74) is 6.95. The van der Waals surface area contributed by atoms with Crippen LogP contribution in [0.5, 0.6) is 0 Å². The van der Waals surface area contributed by atoms with Crippen molar-refractivity contribution in [2.75, 3.05) is 11.9 Å². The number of nitrogens with one attached hydrogen (secondary N) is 1. The van der Waals surface area contributed by atoms with Gasteiger partial charge in [-0.1, -0.05) is 60.7 Å². The molecule has 0 bridgehead atoms. The molecular formula is C24H25NS. The van der Waals surface area contributed by atoms with E-state index in [2.05, 4.69) is 105 Å². The summed E-state index contributed by atoms with van der Waals surface area (Å²) in [7, 11) is 0. The molecule has 1 fully saturated rings. The molecular weight excluding hydrogens is 334 g/mol. The van der Waals surface area contributed by atoms with Crippen LogP contribution in [0.15, 0.2) is 72.3 Å². The van der Waals surface area contributed by atoms with Crippen molar-refractivity contribution in [3.8, 4) is 0 Å². The Morgan fingerprint density at radius 2 is 1.69 bits per heavy atom. The van der Waals surface area contributed by atoms with Crippen molar-refractivity contribution in [1.29, 1.82) is 0 Å². The molecule has 2 aromatic rings. The highest BCUT2D eigenvalue weighted by Crippen LogP contribution is 2.42. The van der Waals surface area contributed by atoms with E-state index in [1.54, 1.807) is 0 Å². The minimum atomic E-state index is 0.507. The maximum absolute atomic E-state index is 3.55. The van der Waals surface area contributed by atoms with Crippen LogP contribution in [-0.4, -0.2) is 17.0 Å². The van der Waals surface area contributed by atoms with Crippen molar-refractivity contribution in [3.63, 3.8) is 0 Å². The molecule has 2 aliphatic rings. The maximum atomic E-state index is 3.55. The summed E-state index contributed by atoms with van der Waals surface area (Å²) in [6.07, 6.45) is 6.59. The van der Waals surface area contributed by atoms with Gasteiger partial charge in [0.1, 0.15) is 0 Å². The molecule has 2 aliphatic heterocycles. The Hall–Kier alpha value is -2.19.